The first-order valence-corrected chi connectivity index (χ1v) is 3.64. The molecule has 1 aromatic heterocycles. The van der Waals surface area contributed by atoms with Crippen LogP contribution < -0.4 is 10.9 Å². The second kappa shape index (κ2) is 2.44. The van der Waals surface area contributed by atoms with Gasteiger partial charge in [0.1, 0.15) is 5.82 Å². The van der Waals surface area contributed by atoms with Crippen molar-refractivity contribution < 1.29 is 4.79 Å². The fraction of sp³-hybridized carbons (Fsp3) is 0.286. The number of carbonyl (C=O) groups excluding carboxylic acids is 1. The van der Waals surface area contributed by atoms with Gasteiger partial charge < -0.3 is 10.3 Å². The summed E-state index contributed by atoms with van der Waals surface area (Å²) < 4.78 is 0. The van der Waals surface area contributed by atoms with E-state index in [4.69, 9.17) is 0 Å². The van der Waals surface area contributed by atoms with Gasteiger partial charge in [0.15, 0.2) is 0 Å². The third-order valence-electron chi connectivity index (χ3n) is 1.81. The molecule has 1 aliphatic heterocycles. The number of nitrogens with zero attached hydrogens (tertiary/aromatic N) is 1. The van der Waals surface area contributed by atoms with Crippen molar-refractivity contribution in [1.29, 1.82) is 0 Å². The number of aromatic amines is 1. The molecule has 0 saturated carbocycles. The zero-order chi connectivity index (χ0) is 8.55. The average molecular weight is 165 g/mol. The standard InChI is InChI=1S/C7H7N3O2/c11-5-2-1-4-6(10-5)8-3-9-7(4)12/h3H,1-2H2,(H2,8,9,10,11,12). The third-order valence-corrected chi connectivity index (χ3v) is 1.81. The highest BCUT2D eigenvalue weighted by Crippen LogP contribution is 2.13. The number of H-pyrrole nitrogens is 1. The molecule has 62 valence electrons. The predicted molar refractivity (Wildman–Crippen MR) is 41.8 cm³/mol. The minimum absolute atomic E-state index is 0.0828. The first kappa shape index (κ1) is 7.02. The Kier molecular flexibility index (Phi) is 1.43. The molecule has 12 heavy (non-hydrogen) atoms. The van der Waals surface area contributed by atoms with E-state index in [1.807, 2.05) is 0 Å². The van der Waals surface area contributed by atoms with Crippen molar-refractivity contribution in [3.63, 3.8) is 0 Å². The monoisotopic (exact) mass is 165 g/mol. The molecule has 0 radical (unpaired) electrons. The van der Waals surface area contributed by atoms with Crippen LogP contribution in [0.2, 0.25) is 0 Å². The quantitative estimate of drug-likeness (QED) is 0.552. The molecule has 0 spiro atoms. The summed E-state index contributed by atoms with van der Waals surface area (Å²) in [5, 5.41) is 2.53. The van der Waals surface area contributed by atoms with Crippen LogP contribution in [0.15, 0.2) is 11.1 Å². The molecule has 5 nitrogen and oxygen atoms in total. The van der Waals surface area contributed by atoms with Gasteiger partial charge in [-0.2, -0.15) is 0 Å². The van der Waals surface area contributed by atoms with E-state index in [-0.39, 0.29) is 11.5 Å². The number of amides is 1. The average Bonchev–Trinajstić information content (AvgIpc) is 2.04. The number of anilines is 1. The molecule has 1 aromatic rings. The van der Waals surface area contributed by atoms with Gasteiger partial charge in [-0.15, -0.1) is 0 Å². The van der Waals surface area contributed by atoms with Crippen molar-refractivity contribution in [1.82, 2.24) is 9.97 Å². The topological polar surface area (TPSA) is 74.8 Å². The Balaban J connectivity index is 2.56. The Morgan fingerprint density at radius 1 is 1.33 bits per heavy atom. The van der Waals surface area contributed by atoms with E-state index in [2.05, 4.69) is 15.3 Å². The molecule has 0 saturated heterocycles. The molecule has 0 fully saturated rings. The Hall–Kier alpha value is -1.65. The summed E-state index contributed by atoms with van der Waals surface area (Å²) in [5.74, 6) is 0.315. The molecule has 2 heterocycles. The van der Waals surface area contributed by atoms with Gasteiger partial charge in [0.05, 0.1) is 11.9 Å². The van der Waals surface area contributed by atoms with Crippen molar-refractivity contribution in [2.24, 2.45) is 0 Å². The SMILES string of the molecule is O=C1CCc2c(nc[nH]c2=O)N1. The van der Waals surface area contributed by atoms with E-state index in [1.165, 1.54) is 6.33 Å². The second-order valence-electron chi connectivity index (χ2n) is 2.61. The molecule has 2 N–H and O–H groups in total. The molecule has 1 aliphatic rings. The van der Waals surface area contributed by atoms with Crippen LogP contribution in [0.5, 0.6) is 0 Å². The highest BCUT2D eigenvalue weighted by molar-refractivity contribution is 5.92. The lowest BCUT2D eigenvalue weighted by Gasteiger charge is -2.12. The zero-order valence-electron chi connectivity index (χ0n) is 6.26. The number of hydrogen-bond donors (Lipinski definition) is 2. The normalized spacial score (nSPS) is 15.2. The van der Waals surface area contributed by atoms with Gasteiger partial charge in [-0.05, 0) is 6.42 Å². The molecule has 1 amide bonds. The lowest BCUT2D eigenvalue weighted by atomic mass is 10.1. The Morgan fingerprint density at radius 3 is 3.00 bits per heavy atom. The highest BCUT2D eigenvalue weighted by atomic mass is 16.2. The van der Waals surface area contributed by atoms with E-state index >= 15 is 0 Å². The van der Waals surface area contributed by atoms with Crippen molar-refractivity contribution in [2.45, 2.75) is 12.8 Å². The van der Waals surface area contributed by atoms with Crippen molar-refractivity contribution in [3.8, 4) is 0 Å². The van der Waals surface area contributed by atoms with Gasteiger partial charge in [-0.1, -0.05) is 0 Å². The number of rotatable bonds is 0. The number of aromatic nitrogens is 2. The first-order valence-electron chi connectivity index (χ1n) is 3.64. The summed E-state index contributed by atoms with van der Waals surface area (Å²) in [7, 11) is 0. The van der Waals surface area contributed by atoms with Gasteiger partial charge in [0, 0.05) is 6.42 Å². The molecule has 2 rings (SSSR count). The molecule has 0 aliphatic carbocycles. The van der Waals surface area contributed by atoms with Crippen LogP contribution in [0, 0.1) is 0 Å². The van der Waals surface area contributed by atoms with Crippen LogP contribution in [-0.2, 0) is 11.2 Å². The van der Waals surface area contributed by atoms with E-state index in [0.29, 0.717) is 24.2 Å². The number of nitrogens with one attached hydrogen (secondary N) is 2. The minimum Gasteiger partial charge on any atom is -0.313 e. The highest BCUT2D eigenvalue weighted by Gasteiger charge is 2.17. The minimum atomic E-state index is -0.167. The fourth-order valence-electron chi connectivity index (χ4n) is 1.20. The van der Waals surface area contributed by atoms with Gasteiger partial charge in [0.25, 0.3) is 5.56 Å². The van der Waals surface area contributed by atoms with Crippen LogP contribution in [0.25, 0.3) is 0 Å². The van der Waals surface area contributed by atoms with Crippen LogP contribution in [-0.4, -0.2) is 15.9 Å². The number of hydrogen-bond acceptors (Lipinski definition) is 3. The van der Waals surface area contributed by atoms with E-state index in [1.54, 1.807) is 0 Å². The predicted octanol–water partition coefficient (Wildman–Crippen LogP) is -0.345. The van der Waals surface area contributed by atoms with Crippen LogP contribution in [0.1, 0.15) is 12.0 Å². The van der Waals surface area contributed by atoms with Crippen molar-refractivity contribution in [2.75, 3.05) is 5.32 Å². The largest absolute Gasteiger partial charge is 0.313 e. The lowest BCUT2D eigenvalue weighted by molar-refractivity contribution is -0.116. The first-order chi connectivity index (χ1) is 5.77. The van der Waals surface area contributed by atoms with E-state index in [0.717, 1.165) is 0 Å². The van der Waals surface area contributed by atoms with Gasteiger partial charge >= 0.3 is 0 Å². The molecule has 0 unspecified atom stereocenters. The molecule has 5 heteroatoms. The molecular formula is C7H7N3O2. The summed E-state index contributed by atoms with van der Waals surface area (Å²) in [4.78, 5) is 28.3. The molecule has 0 bridgehead atoms. The summed E-state index contributed by atoms with van der Waals surface area (Å²) in [6.45, 7) is 0. The summed E-state index contributed by atoms with van der Waals surface area (Å²) >= 11 is 0. The molecular weight excluding hydrogens is 158 g/mol. The maximum absolute atomic E-state index is 11.1. The number of carbonyl (C=O) groups is 1. The maximum Gasteiger partial charge on any atom is 0.256 e. The van der Waals surface area contributed by atoms with Crippen molar-refractivity contribution in [3.05, 3.63) is 22.2 Å². The van der Waals surface area contributed by atoms with Gasteiger partial charge in [-0.3, -0.25) is 9.59 Å². The van der Waals surface area contributed by atoms with Crippen LogP contribution in [0.4, 0.5) is 5.82 Å². The van der Waals surface area contributed by atoms with Crippen molar-refractivity contribution >= 4 is 11.7 Å². The van der Waals surface area contributed by atoms with Gasteiger partial charge in [0.2, 0.25) is 5.91 Å². The Morgan fingerprint density at radius 2 is 2.17 bits per heavy atom. The fourth-order valence-corrected chi connectivity index (χ4v) is 1.20. The Labute approximate surface area is 67.8 Å². The number of fused-ring (bicyclic) bond motifs is 1. The maximum atomic E-state index is 11.1. The Bertz CT molecular complexity index is 382. The van der Waals surface area contributed by atoms with E-state index in [9.17, 15) is 9.59 Å². The van der Waals surface area contributed by atoms with Crippen LogP contribution in [0.3, 0.4) is 0 Å². The summed E-state index contributed by atoms with van der Waals surface area (Å²) in [6, 6.07) is 0. The summed E-state index contributed by atoms with van der Waals surface area (Å²) in [6.07, 6.45) is 2.12. The summed E-state index contributed by atoms with van der Waals surface area (Å²) in [5.41, 5.74) is 0.400. The zero-order valence-corrected chi connectivity index (χ0v) is 6.26. The van der Waals surface area contributed by atoms with E-state index < -0.39 is 0 Å². The second-order valence-corrected chi connectivity index (χ2v) is 2.61. The van der Waals surface area contributed by atoms with Gasteiger partial charge in [-0.25, -0.2) is 4.98 Å². The molecule has 0 aromatic carbocycles. The smallest absolute Gasteiger partial charge is 0.256 e. The molecule has 0 atom stereocenters. The third kappa shape index (κ3) is 0.990. The van der Waals surface area contributed by atoms with Crippen LogP contribution >= 0.6 is 0 Å². The lowest BCUT2D eigenvalue weighted by Crippen LogP contribution is -2.26.